The molecule has 1 saturated heterocycles. The van der Waals surface area contributed by atoms with Crippen LogP contribution in [-0.2, 0) is 9.53 Å². The lowest BCUT2D eigenvalue weighted by Gasteiger charge is -2.31. The van der Waals surface area contributed by atoms with Gasteiger partial charge in [0.15, 0.2) is 5.43 Å². The number of rotatable bonds is 3. The summed E-state index contributed by atoms with van der Waals surface area (Å²) in [5, 5.41) is 0.552. The zero-order chi connectivity index (χ0) is 21.3. The normalized spacial score (nSPS) is 16.5. The number of methoxy groups -OCH3 is 1. The van der Waals surface area contributed by atoms with Crippen LogP contribution in [0.1, 0.15) is 28.8 Å². The number of ether oxygens (including phenoxy) is 1. The number of hydrogen-bond acceptors (Lipinski definition) is 5. The highest BCUT2D eigenvalue weighted by molar-refractivity contribution is 5.95. The minimum atomic E-state index is -0.275. The molecule has 1 aromatic heterocycles. The first-order valence-corrected chi connectivity index (χ1v) is 9.98. The zero-order valence-electron chi connectivity index (χ0n) is 17.0. The van der Waals surface area contributed by atoms with Gasteiger partial charge in [-0.25, -0.2) is 0 Å². The van der Waals surface area contributed by atoms with E-state index in [1.165, 1.54) is 13.2 Å². The number of carbonyl (C=O) groups is 2. The molecule has 1 unspecified atom stereocenters. The van der Waals surface area contributed by atoms with E-state index in [9.17, 15) is 14.4 Å². The Morgan fingerprint density at radius 1 is 1.10 bits per heavy atom. The average Bonchev–Trinajstić information content (AvgIpc) is 2.78. The Morgan fingerprint density at radius 3 is 2.60 bits per heavy atom. The van der Waals surface area contributed by atoms with Crippen LogP contribution in [0.3, 0.4) is 0 Å². The topological polar surface area (TPSA) is 76.8 Å². The van der Waals surface area contributed by atoms with E-state index in [4.69, 9.17) is 9.15 Å². The summed E-state index contributed by atoms with van der Waals surface area (Å²) in [4.78, 5) is 38.8. The van der Waals surface area contributed by atoms with Crippen LogP contribution >= 0.6 is 0 Å². The lowest BCUT2D eigenvalue weighted by Crippen LogP contribution is -2.42. The van der Waals surface area contributed by atoms with Gasteiger partial charge in [0.25, 0.3) is 5.91 Å². The Bertz CT molecular complexity index is 1160. The van der Waals surface area contributed by atoms with E-state index >= 15 is 0 Å². The summed E-state index contributed by atoms with van der Waals surface area (Å²) in [7, 11) is 1.37. The number of amides is 1. The highest BCUT2D eigenvalue weighted by Crippen LogP contribution is 2.24. The molecule has 4 rings (SSSR count). The second-order valence-electron chi connectivity index (χ2n) is 7.67. The number of fused-ring (bicyclic) bond motifs is 1. The van der Waals surface area contributed by atoms with Gasteiger partial charge in [0, 0.05) is 30.3 Å². The fourth-order valence-corrected chi connectivity index (χ4v) is 3.89. The van der Waals surface area contributed by atoms with Crippen molar-refractivity contribution in [3.8, 4) is 11.3 Å². The molecule has 0 bridgehead atoms. The molecule has 2 aromatic carbocycles. The molecule has 0 radical (unpaired) electrons. The third-order valence-electron chi connectivity index (χ3n) is 5.54. The molecule has 2 heterocycles. The van der Waals surface area contributed by atoms with Gasteiger partial charge in [-0.3, -0.25) is 14.4 Å². The minimum absolute atomic E-state index is 0.0997. The number of carbonyl (C=O) groups excluding carboxylic acids is 2. The summed E-state index contributed by atoms with van der Waals surface area (Å²) < 4.78 is 10.7. The minimum Gasteiger partial charge on any atom is -0.469 e. The van der Waals surface area contributed by atoms with Crippen LogP contribution in [0.2, 0.25) is 0 Å². The van der Waals surface area contributed by atoms with Gasteiger partial charge in [0.05, 0.1) is 18.4 Å². The first-order valence-electron chi connectivity index (χ1n) is 9.98. The van der Waals surface area contributed by atoms with E-state index in [-0.39, 0.29) is 23.2 Å². The van der Waals surface area contributed by atoms with Crippen LogP contribution in [0.15, 0.2) is 57.7 Å². The van der Waals surface area contributed by atoms with E-state index in [0.717, 1.165) is 24.0 Å². The van der Waals surface area contributed by atoms with E-state index < -0.39 is 0 Å². The lowest BCUT2D eigenvalue weighted by molar-refractivity contribution is -0.146. The van der Waals surface area contributed by atoms with Crippen molar-refractivity contribution >= 4 is 22.8 Å². The number of likely N-dealkylation sites (tertiary alicyclic amines) is 1. The predicted molar refractivity (Wildman–Crippen MR) is 113 cm³/mol. The molecule has 1 amide bonds. The molecule has 1 atom stereocenters. The number of nitrogens with zero attached hydrogens (tertiary/aromatic N) is 1. The van der Waals surface area contributed by atoms with Crippen molar-refractivity contribution in [3.63, 3.8) is 0 Å². The predicted octanol–water partition coefficient (Wildman–Crippen LogP) is 3.79. The van der Waals surface area contributed by atoms with Crippen LogP contribution in [0.5, 0.6) is 0 Å². The lowest BCUT2D eigenvalue weighted by atomic mass is 9.97. The smallest absolute Gasteiger partial charge is 0.310 e. The number of esters is 1. The summed E-state index contributed by atoms with van der Waals surface area (Å²) in [6.45, 7) is 2.91. The third-order valence-corrected chi connectivity index (χ3v) is 5.54. The van der Waals surface area contributed by atoms with Gasteiger partial charge in [0.2, 0.25) is 0 Å². The van der Waals surface area contributed by atoms with Crippen molar-refractivity contribution < 1.29 is 18.7 Å². The van der Waals surface area contributed by atoms with Crippen molar-refractivity contribution in [2.24, 2.45) is 5.92 Å². The highest BCUT2D eigenvalue weighted by Gasteiger charge is 2.29. The van der Waals surface area contributed by atoms with E-state index in [1.54, 1.807) is 35.2 Å². The Kier molecular flexibility index (Phi) is 5.40. The third kappa shape index (κ3) is 3.85. The van der Waals surface area contributed by atoms with Gasteiger partial charge in [-0.05, 0) is 44.0 Å². The largest absolute Gasteiger partial charge is 0.469 e. The molecule has 1 fully saturated rings. The average molecular weight is 405 g/mol. The summed E-state index contributed by atoms with van der Waals surface area (Å²) in [6, 6.07) is 14.0. The molecule has 1 aliphatic rings. The molecule has 0 aliphatic carbocycles. The summed E-state index contributed by atoms with van der Waals surface area (Å²) >= 11 is 0. The van der Waals surface area contributed by atoms with E-state index in [1.807, 2.05) is 19.1 Å². The number of piperidine rings is 1. The quantitative estimate of drug-likeness (QED) is 0.620. The first-order chi connectivity index (χ1) is 14.5. The van der Waals surface area contributed by atoms with E-state index in [2.05, 4.69) is 0 Å². The molecular weight excluding hydrogens is 382 g/mol. The van der Waals surface area contributed by atoms with Gasteiger partial charge in [-0.1, -0.05) is 23.8 Å². The number of hydrogen-bond donors (Lipinski definition) is 0. The molecule has 3 aromatic rings. The molecule has 1 aliphatic heterocycles. The Morgan fingerprint density at radius 2 is 1.87 bits per heavy atom. The van der Waals surface area contributed by atoms with Crippen molar-refractivity contribution in [2.45, 2.75) is 19.8 Å². The van der Waals surface area contributed by atoms with Crippen molar-refractivity contribution in [3.05, 3.63) is 69.9 Å². The van der Waals surface area contributed by atoms with Crippen LogP contribution in [-0.4, -0.2) is 37.0 Å². The van der Waals surface area contributed by atoms with Gasteiger partial charge in [-0.15, -0.1) is 0 Å². The summed E-state index contributed by atoms with van der Waals surface area (Å²) in [5.74, 6) is -0.212. The highest BCUT2D eigenvalue weighted by atomic mass is 16.5. The summed E-state index contributed by atoms with van der Waals surface area (Å²) in [6.07, 6.45) is 1.50. The fourth-order valence-electron chi connectivity index (χ4n) is 3.89. The van der Waals surface area contributed by atoms with Gasteiger partial charge in [-0.2, -0.15) is 0 Å². The van der Waals surface area contributed by atoms with Gasteiger partial charge in [0.1, 0.15) is 11.3 Å². The maximum atomic E-state index is 12.9. The zero-order valence-corrected chi connectivity index (χ0v) is 17.0. The molecule has 154 valence electrons. The van der Waals surface area contributed by atoms with Crippen LogP contribution in [0.4, 0.5) is 0 Å². The Hall–Kier alpha value is -3.41. The maximum Gasteiger partial charge on any atom is 0.310 e. The Balaban J connectivity index is 1.56. The van der Waals surface area contributed by atoms with Crippen molar-refractivity contribution in [1.29, 1.82) is 0 Å². The molecule has 6 nitrogen and oxygen atoms in total. The molecule has 30 heavy (non-hydrogen) atoms. The standard InChI is InChI=1S/C24H23NO5/c1-15-5-10-21-19(12-15)20(26)13-22(30-21)16-6-8-17(9-7-16)23(27)25-11-3-4-18(14-25)24(28)29-2/h5-10,12-13,18H,3-4,11,14H2,1-2H3. The molecule has 0 saturated carbocycles. The van der Waals surface area contributed by atoms with Crippen molar-refractivity contribution in [2.75, 3.05) is 20.2 Å². The first kappa shape index (κ1) is 19.9. The SMILES string of the molecule is COC(=O)C1CCCN(C(=O)c2ccc(-c3cc(=O)c4cc(C)ccc4o3)cc2)C1. The maximum absolute atomic E-state index is 12.9. The molecule has 0 N–H and O–H groups in total. The fraction of sp³-hybridized carbons (Fsp3) is 0.292. The Labute approximate surface area is 174 Å². The second kappa shape index (κ2) is 8.14. The van der Waals surface area contributed by atoms with Crippen LogP contribution in [0.25, 0.3) is 22.3 Å². The van der Waals surface area contributed by atoms with Crippen molar-refractivity contribution in [1.82, 2.24) is 4.90 Å². The molecule has 6 heteroatoms. The van der Waals surface area contributed by atoms with Crippen LogP contribution in [0, 0.1) is 12.8 Å². The molecule has 0 spiro atoms. The monoisotopic (exact) mass is 405 g/mol. The number of aryl methyl sites for hydroxylation is 1. The van der Waals surface area contributed by atoms with E-state index in [0.29, 0.717) is 35.4 Å². The summed E-state index contributed by atoms with van der Waals surface area (Å²) in [5.41, 5.74) is 2.68. The molecular formula is C24H23NO5. The van der Waals surface area contributed by atoms with Gasteiger partial charge < -0.3 is 14.1 Å². The van der Waals surface area contributed by atoms with Crippen LogP contribution < -0.4 is 5.43 Å². The van der Waals surface area contributed by atoms with Gasteiger partial charge >= 0.3 is 5.97 Å². The second-order valence-corrected chi connectivity index (χ2v) is 7.67. The number of benzene rings is 2.